The third kappa shape index (κ3) is 11.9. The smallest absolute Gasteiger partial charge is 0.372 e. The average molecular weight is 256 g/mol. The fourth-order valence-electron chi connectivity index (χ4n) is 1.57. The van der Waals surface area contributed by atoms with Gasteiger partial charge in [0.2, 0.25) is 0 Å². The number of nitrogens with zero attached hydrogens (tertiary/aromatic N) is 1. The zero-order chi connectivity index (χ0) is 13.3. The van der Waals surface area contributed by atoms with Gasteiger partial charge in [-0.25, -0.2) is 0 Å². The Morgan fingerprint density at radius 2 is 1.88 bits per heavy atom. The molecule has 17 heavy (non-hydrogen) atoms. The van der Waals surface area contributed by atoms with Gasteiger partial charge in [0.1, 0.15) is 6.61 Å². The highest BCUT2D eigenvalue weighted by Crippen LogP contribution is 2.14. The Bertz CT molecular complexity index is 186. The van der Waals surface area contributed by atoms with Crippen molar-refractivity contribution in [2.45, 2.75) is 26.4 Å². The Morgan fingerprint density at radius 1 is 1.24 bits per heavy atom. The van der Waals surface area contributed by atoms with Gasteiger partial charge in [-0.1, -0.05) is 13.8 Å². The van der Waals surface area contributed by atoms with Gasteiger partial charge in [-0.05, 0) is 12.3 Å². The molecule has 0 aromatic rings. The van der Waals surface area contributed by atoms with Crippen LogP contribution in [0, 0.1) is 5.92 Å². The van der Waals surface area contributed by atoms with Crippen LogP contribution >= 0.6 is 0 Å². The summed E-state index contributed by atoms with van der Waals surface area (Å²) < 4.78 is 39.9. The van der Waals surface area contributed by atoms with Crippen LogP contribution in [0.2, 0.25) is 0 Å². The molecule has 0 aliphatic heterocycles. The molecule has 0 unspecified atom stereocenters. The predicted octanol–water partition coefficient (Wildman–Crippen LogP) is 1.87. The molecule has 0 aliphatic rings. The molecular weight excluding hydrogens is 233 g/mol. The van der Waals surface area contributed by atoms with E-state index in [4.69, 9.17) is 5.73 Å². The van der Waals surface area contributed by atoms with Gasteiger partial charge in [0.15, 0.2) is 0 Å². The monoisotopic (exact) mass is 256 g/mol. The molecule has 0 atom stereocenters. The topological polar surface area (TPSA) is 38.5 Å². The first-order valence-corrected chi connectivity index (χ1v) is 5.92. The Balaban J connectivity index is 3.60. The van der Waals surface area contributed by atoms with Crippen molar-refractivity contribution in [3.63, 3.8) is 0 Å². The molecule has 0 bridgehead atoms. The summed E-state index contributed by atoms with van der Waals surface area (Å²) in [5.74, 6) is 0.526. The van der Waals surface area contributed by atoms with E-state index in [-0.39, 0.29) is 6.61 Å². The van der Waals surface area contributed by atoms with E-state index in [2.05, 4.69) is 23.5 Å². The lowest BCUT2D eigenvalue weighted by atomic mass is 10.2. The zero-order valence-corrected chi connectivity index (χ0v) is 10.6. The maximum Gasteiger partial charge on any atom is 0.411 e. The summed E-state index contributed by atoms with van der Waals surface area (Å²) in [5.41, 5.74) is 5.47. The van der Waals surface area contributed by atoms with Gasteiger partial charge in [0, 0.05) is 32.8 Å². The highest BCUT2D eigenvalue weighted by atomic mass is 19.4. The van der Waals surface area contributed by atoms with Crippen LogP contribution in [-0.2, 0) is 4.74 Å². The highest BCUT2D eigenvalue weighted by molar-refractivity contribution is 4.60. The van der Waals surface area contributed by atoms with Crippen LogP contribution in [0.5, 0.6) is 0 Å². The predicted molar refractivity (Wildman–Crippen MR) is 61.8 cm³/mol. The minimum Gasteiger partial charge on any atom is -0.372 e. The molecule has 2 N–H and O–H groups in total. The summed E-state index contributed by atoms with van der Waals surface area (Å²) in [6.07, 6.45) is -3.63. The lowest BCUT2D eigenvalue weighted by Crippen LogP contribution is -2.34. The van der Waals surface area contributed by atoms with E-state index in [1.807, 2.05) is 0 Å². The number of ether oxygens (including phenoxy) is 1. The van der Waals surface area contributed by atoms with Gasteiger partial charge in [0.25, 0.3) is 0 Å². The molecule has 0 fully saturated rings. The van der Waals surface area contributed by atoms with Crippen LogP contribution in [0.3, 0.4) is 0 Å². The van der Waals surface area contributed by atoms with Crippen molar-refractivity contribution in [3.05, 3.63) is 0 Å². The third-order valence-corrected chi connectivity index (χ3v) is 2.10. The quantitative estimate of drug-likeness (QED) is 0.640. The molecule has 0 saturated heterocycles. The summed E-state index contributed by atoms with van der Waals surface area (Å²) in [5, 5.41) is 0. The standard InChI is InChI=1S/C11H23F3N2O/c1-10(2)8-16(6-4-15)5-3-7-17-9-11(12,13)14/h10H,3-9,15H2,1-2H3. The Morgan fingerprint density at radius 3 is 2.35 bits per heavy atom. The van der Waals surface area contributed by atoms with Gasteiger partial charge in [-0.2, -0.15) is 13.2 Å². The Labute approximate surface area is 101 Å². The van der Waals surface area contributed by atoms with Crippen molar-refractivity contribution >= 4 is 0 Å². The first-order chi connectivity index (χ1) is 7.85. The molecule has 0 aromatic heterocycles. The summed E-state index contributed by atoms with van der Waals surface area (Å²) in [6, 6.07) is 0. The molecule has 0 heterocycles. The van der Waals surface area contributed by atoms with E-state index in [1.165, 1.54) is 0 Å². The SMILES string of the molecule is CC(C)CN(CCN)CCCOCC(F)(F)F. The first kappa shape index (κ1) is 16.7. The Kier molecular flexibility index (Phi) is 8.55. The molecule has 0 radical (unpaired) electrons. The number of rotatable bonds is 9. The first-order valence-electron chi connectivity index (χ1n) is 5.92. The second-order valence-electron chi connectivity index (χ2n) is 4.50. The lowest BCUT2D eigenvalue weighted by molar-refractivity contribution is -0.174. The van der Waals surface area contributed by atoms with Gasteiger partial charge in [0.05, 0.1) is 0 Å². The molecule has 0 rings (SSSR count). The second kappa shape index (κ2) is 8.72. The summed E-state index contributed by atoms with van der Waals surface area (Å²) in [4.78, 5) is 2.15. The molecule has 3 nitrogen and oxygen atoms in total. The molecule has 104 valence electrons. The second-order valence-corrected chi connectivity index (χ2v) is 4.50. The van der Waals surface area contributed by atoms with E-state index in [1.54, 1.807) is 0 Å². The van der Waals surface area contributed by atoms with Gasteiger partial charge in [-0.3, -0.25) is 0 Å². The third-order valence-electron chi connectivity index (χ3n) is 2.10. The van der Waals surface area contributed by atoms with Crippen LogP contribution in [0.1, 0.15) is 20.3 Å². The highest BCUT2D eigenvalue weighted by Gasteiger charge is 2.27. The van der Waals surface area contributed by atoms with E-state index >= 15 is 0 Å². The maximum atomic E-state index is 11.8. The number of alkyl halides is 3. The number of halogens is 3. The normalized spacial score (nSPS) is 12.7. The van der Waals surface area contributed by atoms with Crippen molar-refractivity contribution in [3.8, 4) is 0 Å². The van der Waals surface area contributed by atoms with Crippen LogP contribution < -0.4 is 5.73 Å². The molecule has 0 amide bonds. The molecule has 6 heteroatoms. The molecule has 0 aliphatic carbocycles. The van der Waals surface area contributed by atoms with Crippen molar-refractivity contribution in [2.24, 2.45) is 11.7 Å². The molecule has 0 aromatic carbocycles. The van der Waals surface area contributed by atoms with E-state index in [0.29, 0.717) is 18.9 Å². The van der Waals surface area contributed by atoms with Crippen LogP contribution in [0.4, 0.5) is 13.2 Å². The summed E-state index contributed by atoms with van der Waals surface area (Å²) >= 11 is 0. The lowest BCUT2D eigenvalue weighted by Gasteiger charge is -2.23. The van der Waals surface area contributed by atoms with Crippen LogP contribution in [0.25, 0.3) is 0 Å². The van der Waals surface area contributed by atoms with Gasteiger partial charge < -0.3 is 15.4 Å². The number of hydrogen-bond donors (Lipinski definition) is 1. The molecule has 0 spiro atoms. The maximum absolute atomic E-state index is 11.8. The number of hydrogen-bond acceptors (Lipinski definition) is 3. The molecular formula is C11H23F3N2O. The fourth-order valence-corrected chi connectivity index (χ4v) is 1.57. The molecule has 0 saturated carbocycles. The summed E-state index contributed by atoms with van der Waals surface area (Å²) in [7, 11) is 0. The fraction of sp³-hybridized carbons (Fsp3) is 1.00. The van der Waals surface area contributed by atoms with Crippen LogP contribution in [-0.4, -0.2) is 50.5 Å². The largest absolute Gasteiger partial charge is 0.411 e. The van der Waals surface area contributed by atoms with Crippen molar-refractivity contribution in [1.29, 1.82) is 0 Å². The van der Waals surface area contributed by atoms with Gasteiger partial charge >= 0.3 is 6.18 Å². The van der Waals surface area contributed by atoms with Gasteiger partial charge in [-0.15, -0.1) is 0 Å². The van der Waals surface area contributed by atoms with E-state index in [0.717, 1.165) is 19.6 Å². The minimum absolute atomic E-state index is 0.138. The van der Waals surface area contributed by atoms with Crippen molar-refractivity contribution < 1.29 is 17.9 Å². The minimum atomic E-state index is -4.23. The van der Waals surface area contributed by atoms with Crippen molar-refractivity contribution in [1.82, 2.24) is 4.90 Å². The van der Waals surface area contributed by atoms with Crippen LogP contribution in [0.15, 0.2) is 0 Å². The average Bonchev–Trinajstić information content (AvgIpc) is 2.14. The Hall–Kier alpha value is -0.330. The zero-order valence-electron chi connectivity index (χ0n) is 10.6. The number of nitrogens with two attached hydrogens (primary N) is 1. The van der Waals surface area contributed by atoms with E-state index < -0.39 is 12.8 Å². The summed E-state index contributed by atoms with van der Waals surface area (Å²) in [6.45, 7) is 6.16. The van der Waals surface area contributed by atoms with Crippen molar-refractivity contribution in [2.75, 3.05) is 39.4 Å². The van der Waals surface area contributed by atoms with E-state index in [9.17, 15) is 13.2 Å².